The van der Waals surface area contributed by atoms with Gasteiger partial charge in [-0.15, -0.1) is 0 Å². The van der Waals surface area contributed by atoms with E-state index in [-0.39, 0.29) is 5.91 Å². The van der Waals surface area contributed by atoms with Crippen LogP contribution in [0.15, 0.2) is 66.9 Å². The first kappa shape index (κ1) is 15.7. The van der Waals surface area contributed by atoms with Crippen LogP contribution < -0.4 is 10.6 Å². The van der Waals surface area contributed by atoms with E-state index in [1.807, 2.05) is 68.4 Å². The molecule has 3 rings (SSSR count). The largest absolute Gasteiger partial charge is 0.340 e. The molecular formula is C20H19N3O. The number of amides is 1. The molecule has 2 N–H and O–H groups in total. The van der Waals surface area contributed by atoms with Crippen LogP contribution in [0.2, 0.25) is 0 Å². The van der Waals surface area contributed by atoms with Gasteiger partial charge in [-0.2, -0.15) is 0 Å². The molecule has 0 saturated heterocycles. The van der Waals surface area contributed by atoms with E-state index in [0.29, 0.717) is 11.3 Å². The number of hydrogen-bond acceptors (Lipinski definition) is 3. The summed E-state index contributed by atoms with van der Waals surface area (Å²) >= 11 is 0. The Balaban J connectivity index is 1.68. The van der Waals surface area contributed by atoms with Crippen molar-refractivity contribution in [2.45, 2.75) is 13.8 Å². The molecule has 3 aromatic rings. The SMILES string of the molecule is Cc1cccc(C(=O)Nc2ccc(Nc3ccccc3C)nc2)c1. The van der Waals surface area contributed by atoms with Gasteiger partial charge >= 0.3 is 0 Å². The molecule has 0 aliphatic carbocycles. The van der Waals surface area contributed by atoms with Crippen LogP contribution in [-0.2, 0) is 0 Å². The van der Waals surface area contributed by atoms with Crippen molar-refractivity contribution in [2.75, 3.05) is 10.6 Å². The summed E-state index contributed by atoms with van der Waals surface area (Å²) < 4.78 is 0. The lowest BCUT2D eigenvalue weighted by Gasteiger charge is -2.10. The zero-order chi connectivity index (χ0) is 16.9. The molecule has 24 heavy (non-hydrogen) atoms. The van der Waals surface area contributed by atoms with Crippen molar-refractivity contribution in [3.05, 3.63) is 83.6 Å². The minimum absolute atomic E-state index is 0.139. The van der Waals surface area contributed by atoms with Crippen LogP contribution in [0.3, 0.4) is 0 Å². The molecule has 2 aromatic carbocycles. The van der Waals surface area contributed by atoms with Gasteiger partial charge in [-0.1, -0.05) is 35.9 Å². The molecule has 0 atom stereocenters. The molecule has 4 nitrogen and oxygen atoms in total. The van der Waals surface area contributed by atoms with Gasteiger partial charge < -0.3 is 10.6 Å². The molecule has 0 aliphatic rings. The Hall–Kier alpha value is -3.14. The summed E-state index contributed by atoms with van der Waals surface area (Å²) in [4.78, 5) is 16.6. The molecule has 1 aromatic heterocycles. The van der Waals surface area contributed by atoms with Gasteiger partial charge in [0.2, 0.25) is 0 Å². The van der Waals surface area contributed by atoms with Crippen LogP contribution in [0.4, 0.5) is 17.2 Å². The van der Waals surface area contributed by atoms with Crippen LogP contribution in [0.25, 0.3) is 0 Å². The lowest BCUT2D eigenvalue weighted by molar-refractivity contribution is 0.102. The molecule has 0 spiro atoms. The number of aromatic nitrogens is 1. The quantitative estimate of drug-likeness (QED) is 0.733. The number of para-hydroxylation sites is 1. The third-order valence-electron chi connectivity index (χ3n) is 3.71. The number of pyridine rings is 1. The summed E-state index contributed by atoms with van der Waals surface area (Å²) in [5, 5.41) is 6.13. The summed E-state index contributed by atoms with van der Waals surface area (Å²) in [5.74, 6) is 0.595. The van der Waals surface area contributed by atoms with E-state index >= 15 is 0 Å². The minimum Gasteiger partial charge on any atom is -0.340 e. The van der Waals surface area contributed by atoms with Crippen LogP contribution in [0.5, 0.6) is 0 Å². The number of aryl methyl sites for hydroxylation is 2. The predicted molar refractivity (Wildman–Crippen MR) is 97.8 cm³/mol. The molecule has 0 aliphatic heterocycles. The van der Waals surface area contributed by atoms with Crippen molar-refractivity contribution < 1.29 is 4.79 Å². The highest BCUT2D eigenvalue weighted by Crippen LogP contribution is 2.19. The Morgan fingerprint density at radius 3 is 2.50 bits per heavy atom. The van der Waals surface area contributed by atoms with Crippen molar-refractivity contribution in [2.24, 2.45) is 0 Å². The first-order valence-corrected chi connectivity index (χ1v) is 7.78. The van der Waals surface area contributed by atoms with Crippen molar-refractivity contribution in [3.63, 3.8) is 0 Å². The zero-order valence-electron chi connectivity index (χ0n) is 13.7. The average molecular weight is 317 g/mol. The number of carbonyl (C=O) groups is 1. The van der Waals surface area contributed by atoms with Gasteiger partial charge in [0.25, 0.3) is 5.91 Å². The van der Waals surface area contributed by atoms with Crippen LogP contribution >= 0.6 is 0 Å². The lowest BCUT2D eigenvalue weighted by atomic mass is 10.1. The van der Waals surface area contributed by atoms with Gasteiger partial charge in [0.05, 0.1) is 11.9 Å². The summed E-state index contributed by atoms with van der Waals surface area (Å²) in [6.45, 7) is 4.00. The van der Waals surface area contributed by atoms with Gasteiger partial charge in [0, 0.05) is 11.3 Å². The smallest absolute Gasteiger partial charge is 0.255 e. The first-order chi connectivity index (χ1) is 11.6. The van der Waals surface area contributed by atoms with Crippen LogP contribution in [0, 0.1) is 13.8 Å². The second-order valence-electron chi connectivity index (χ2n) is 5.70. The fourth-order valence-electron chi connectivity index (χ4n) is 2.38. The Morgan fingerprint density at radius 2 is 1.79 bits per heavy atom. The van der Waals surface area contributed by atoms with Gasteiger partial charge in [-0.25, -0.2) is 4.98 Å². The number of carbonyl (C=O) groups excluding carboxylic acids is 1. The van der Waals surface area contributed by atoms with Gasteiger partial charge in [-0.3, -0.25) is 4.79 Å². The van der Waals surface area contributed by atoms with E-state index in [1.165, 1.54) is 0 Å². The number of hydrogen-bond donors (Lipinski definition) is 2. The lowest BCUT2D eigenvalue weighted by Crippen LogP contribution is -2.12. The maximum atomic E-state index is 12.2. The van der Waals surface area contributed by atoms with E-state index < -0.39 is 0 Å². The molecule has 120 valence electrons. The van der Waals surface area contributed by atoms with E-state index in [9.17, 15) is 4.79 Å². The van der Waals surface area contributed by atoms with Crippen LogP contribution in [0.1, 0.15) is 21.5 Å². The van der Waals surface area contributed by atoms with Crippen molar-refractivity contribution in [1.82, 2.24) is 4.98 Å². The Labute approximate surface area is 141 Å². The van der Waals surface area contributed by atoms with Crippen LogP contribution in [-0.4, -0.2) is 10.9 Å². The summed E-state index contributed by atoms with van der Waals surface area (Å²) in [6, 6.07) is 19.2. The van der Waals surface area contributed by atoms with Gasteiger partial charge in [-0.05, 0) is 49.7 Å². The summed E-state index contributed by atoms with van der Waals surface area (Å²) in [7, 11) is 0. The molecule has 0 fully saturated rings. The number of rotatable bonds is 4. The van der Waals surface area contributed by atoms with Crippen molar-refractivity contribution in [1.29, 1.82) is 0 Å². The van der Waals surface area contributed by atoms with E-state index in [2.05, 4.69) is 15.6 Å². The Morgan fingerprint density at radius 1 is 0.958 bits per heavy atom. The van der Waals surface area contributed by atoms with E-state index in [4.69, 9.17) is 0 Å². The molecule has 0 radical (unpaired) electrons. The molecular weight excluding hydrogens is 298 g/mol. The molecule has 1 heterocycles. The zero-order valence-corrected chi connectivity index (χ0v) is 13.7. The van der Waals surface area contributed by atoms with Crippen molar-refractivity contribution in [3.8, 4) is 0 Å². The second kappa shape index (κ2) is 6.96. The molecule has 0 unspecified atom stereocenters. The summed E-state index contributed by atoms with van der Waals surface area (Å²) in [5.41, 5.74) is 4.52. The Bertz CT molecular complexity index is 857. The highest BCUT2D eigenvalue weighted by molar-refractivity contribution is 6.04. The number of anilines is 3. The molecule has 0 saturated carbocycles. The second-order valence-corrected chi connectivity index (χ2v) is 5.70. The first-order valence-electron chi connectivity index (χ1n) is 7.78. The highest BCUT2D eigenvalue weighted by Gasteiger charge is 2.06. The average Bonchev–Trinajstić information content (AvgIpc) is 2.58. The van der Waals surface area contributed by atoms with Crippen molar-refractivity contribution >= 4 is 23.1 Å². The van der Waals surface area contributed by atoms with E-state index in [1.54, 1.807) is 12.3 Å². The molecule has 4 heteroatoms. The number of nitrogens with zero attached hydrogens (tertiary/aromatic N) is 1. The molecule has 0 bridgehead atoms. The van der Waals surface area contributed by atoms with Gasteiger partial charge in [0.15, 0.2) is 0 Å². The fraction of sp³-hybridized carbons (Fsp3) is 0.100. The number of nitrogens with one attached hydrogen (secondary N) is 2. The predicted octanol–water partition coefficient (Wildman–Crippen LogP) is 4.69. The third-order valence-corrected chi connectivity index (χ3v) is 3.71. The minimum atomic E-state index is -0.139. The maximum absolute atomic E-state index is 12.2. The van der Waals surface area contributed by atoms with Gasteiger partial charge in [0.1, 0.15) is 5.82 Å². The summed E-state index contributed by atoms with van der Waals surface area (Å²) in [6.07, 6.45) is 1.65. The fourth-order valence-corrected chi connectivity index (χ4v) is 2.38. The highest BCUT2D eigenvalue weighted by atomic mass is 16.1. The maximum Gasteiger partial charge on any atom is 0.255 e. The monoisotopic (exact) mass is 317 g/mol. The topological polar surface area (TPSA) is 54.0 Å². The standard InChI is InChI=1S/C20H19N3O/c1-14-6-5-8-16(12-14)20(24)22-17-10-11-19(21-13-17)23-18-9-4-3-7-15(18)2/h3-13H,1-2H3,(H,21,23)(H,22,24). The van der Waals surface area contributed by atoms with E-state index in [0.717, 1.165) is 22.6 Å². The normalized spacial score (nSPS) is 10.2. The third kappa shape index (κ3) is 3.79. The number of benzene rings is 2. The Kier molecular flexibility index (Phi) is 4.57. The molecule has 1 amide bonds.